The van der Waals surface area contributed by atoms with Gasteiger partial charge in [-0.3, -0.25) is 9.69 Å². The van der Waals surface area contributed by atoms with Crippen LogP contribution in [0.1, 0.15) is 49.1 Å². The molecule has 0 saturated heterocycles. The zero-order valence-electron chi connectivity index (χ0n) is 14.1. The molecule has 0 bridgehead atoms. The molecular formula is C18H23F3N2OS. The molecule has 0 N–H and O–H groups in total. The first kappa shape index (κ1) is 18.4. The molecule has 1 aromatic heterocycles. The van der Waals surface area contributed by atoms with Crippen LogP contribution in [0.5, 0.6) is 0 Å². The summed E-state index contributed by atoms with van der Waals surface area (Å²) in [5.74, 6) is -2.19. The van der Waals surface area contributed by atoms with Gasteiger partial charge < -0.3 is 0 Å². The number of thiazole rings is 1. The Bertz CT molecular complexity index is 617. The molecule has 1 heterocycles. The number of alkyl halides is 3. The zero-order chi connectivity index (χ0) is 18.0. The van der Waals surface area contributed by atoms with Crippen molar-refractivity contribution in [3.8, 4) is 0 Å². The topological polar surface area (TPSA) is 33.2 Å². The molecular weight excluding hydrogens is 349 g/mol. The molecule has 2 aliphatic rings. The lowest BCUT2D eigenvalue weighted by atomic mass is 9.80. The molecule has 25 heavy (non-hydrogen) atoms. The van der Waals surface area contributed by atoms with E-state index in [0.29, 0.717) is 24.5 Å². The average molecular weight is 372 g/mol. The first-order valence-corrected chi connectivity index (χ1v) is 9.69. The summed E-state index contributed by atoms with van der Waals surface area (Å²) < 4.78 is 39.2. The van der Waals surface area contributed by atoms with Gasteiger partial charge in [-0.25, -0.2) is 4.98 Å². The van der Waals surface area contributed by atoms with Crippen molar-refractivity contribution in [2.75, 3.05) is 11.4 Å². The molecule has 0 radical (unpaired) electrons. The molecule has 138 valence electrons. The lowest BCUT2D eigenvalue weighted by Crippen LogP contribution is -2.40. The average Bonchev–Trinajstić information content (AvgIpc) is 3.02. The number of carbonyl (C=O) groups is 1. The van der Waals surface area contributed by atoms with Crippen LogP contribution >= 0.6 is 11.3 Å². The quantitative estimate of drug-likeness (QED) is 0.704. The van der Waals surface area contributed by atoms with E-state index in [4.69, 9.17) is 0 Å². The van der Waals surface area contributed by atoms with Gasteiger partial charge in [0.2, 0.25) is 5.91 Å². The van der Waals surface area contributed by atoms with E-state index in [-0.39, 0.29) is 18.7 Å². The molecule has 1 aromatic rings. The van der Waals surface area contributed by atoms with Crippen molar-refractivity contribution in [2.45, 2.75) is 57.5 Å². The third kappa shape index (κ3) is 4.07. The number of fused-ring (bicyclic) bond motifs is 1. The number of hydrogen-bond donors (Lipinski definition) is 0. The molecule has 2 unspecified atom stereocenters. The van der Waals surface area contributed by atoms with Gasteiger partial charge in [0.15, 0.2) is 5.13 Å². The fraction of sp³-hybridized carbons (Fsp3) is 0.667. The van der Waals surface area contributed by atoms with Gasteiger partial charge in [0, 0.05) is 17.3 Å². The second kappa shape index (κ2) is 7.48. The highest BCUT2D eigenvalue weighted by molar-refractivity contribution is 7.16. The molecule has 3 rings (SSSR count). The van der Waals surface area contributed by atoms with Crippen molar-refractivity contribution in [3.05, 3.63) is 23.2 Å². The Morgan fingerprint density at radius 1 is 1.28 bits per heavy atom. The SMILES string of the molecule is C=CCN(C(=O)C1CCCC(C(F)(F)F)C1)c1nc2c(s1)CCCC2. The predicted octanol–water partition coefficient (Wildman–Crippen LogP) is 4.91. The molecule has 7 heteroatoms. The summed E-state index contributed by atoms with van der Waals surface area (Å²) in [5.41, 5.74) is 1.05. The Labute approximate surface area is 149 Å². The maximum absolute atomic E-state index is 13.1. The standard InChI is InChI=1S/C18H23F3N2OS/c1-2-10-23(17-22-14-8-3-4-9-15(14)25-17)16(24)12-6-5-7-13(11-12)18(19,20)21/h2,12-13H,1,3-11H2. The van der Waals surface area contributed by atoms with E-state index < -0.39 is 18.0 Å². The van der Waals surface area contributed by atoms with E-state index in [1.165, 1.54) is 16.2 Å². The Balaban J connectivity index is 1.79. The monoisotopic (exact) mass is 372 g/mol. The van der Waals surface area contributed by atoms with E-state index in [2.05, 4.69) is 11.6 Å². The Morgan fingerprint density at radius 2 is 2.04 bits per heavy atom. The first-order chi connectivity index (χ1) is 11.9. The zero-order valence-corrected chi connectivity index (χ0v) is 15.0. The van der Waals surface area contributed by atoms with Crippen molar-refractivity contribution in [1.82, 2.24) is 4.98 Å². The van der Waals surface area contributed by atoms with Gasteiger partial charge in [-0.1, -0.05) is 12.5 Å². The fourth-order valence-electron chi connectivity index (χ4n) is 3.78. The van der Waals surface area contributed by atoms with Gasteiger partial charge in [0.25, 0.3) is 0 Å². The second-order valence-electron chi connectivity index (χ2n) is 6.91. The van der Waals surface area contributed by atoms with Crippen LogP contribution < -0.4 is 4.90 Å². The molecule has 1 fully saturated rings. The summed E-state index contributed by atoms with van der Waals surface area (Å²) in [6.45, 7) is 3.98. The number of aryl methyl sites for hydroxylation is 2. The second-order valence-corrected chi connectivity index (χ2v) is 7.98. The largest absolute Gasteiger partial charge is 0.391 e. The normalized spacial score (nSPS) is 23.8. The lowest BCUT2D eigenvalue weighted by molar-refractivity contribution is -0.186. The number of hydrogen-bond acceptors (Lipinski definition) is 3. The summed E-state index contributed by atoms with van der Waals surface area (Å²) in [5, 5.41) is 0.617. The van der Waals surface area contributed by atoms with Gasteiger partial charge in [-0.05, 0) is 44.9 Å². The minimum Gasteiger partial charge on any atom is -0.284 e. The van der Waals surface area contributed by atoms with Gasteiger partial charge in [0.1, 0.15) is 0 Å². The van der Waals surface area contributed by atoms with Crippen LogP contribution in [0.4, 0.5) is 18.3 Å². The van der Waals surface area contributed by atoms with Gasteiger partial charge in [0.05, 0.1) is 11.6 Å². The highest BCUT2D eigenvalue weighted by Gasteiger charge is 2.44. The summed E-state index contributed by atoms with van der Waals surface area (Å²) in [6.07, 6.45) is 2.48. The third-order valence-electron chi connectivity index (χ3n) is 5.13. The van der Waals surface area contributed by atoms with E-state index in [1.54, 1.807) is 11.0 Å². The summed E-state index contributed by atoms with van der Waals surface area (Å²) >= 11 is 1.51. The van der Waals surface area contributed by atoms with Gasteiger partial charge in [-0.2, -0.15) is 13.2 Å². The number of halogens is 3. The van der Waals surface area contributed by atoms with E-state index >= 15 is 0 Å². The molecule has 2 atom stereocenters. The molecule has 0 spiro atoms. The van der Waals surface area contributed by atoms with Crippen LogP contribution in [0.2, 0.25) is 0 Å². The number of rotatable bonds is 4. The number of aromatic nitrogens is 1. The Hall–Kier alpha value is -1.37. The van der Waals surface area contributed by atoms with Crippen molar-refractivity contribution in [2.24, 2.45) is 11.8 Å². The van der Waals surface area contributed by atoms with Gasteiger partial charge in [-0.15, -0.1) is 17.9 Å². The van der Waals surface area contributed by atoms with Crippen molar-refractivity contribution >= 4 is 22.4 Å². The Morgan fingerprint density at radius 3 is 2.72 bits per heavy atom. The van der Waals surface area contributed by atoms with E-state index in [0.717, 1.165) is 31.4 Å². The van der Waals surface area contributed by atoms with Crippen molar-refractivity contribution < 1.29 is 18.0 Å². The van der Waals surface area contributed by atoms with Crippen LogP contribution in [0.3, 0.4) is 0 Å². The smallest absolute Gasteiger partial charge is 0.284 e. The van der Waals surface area contributed by atoms with E-state index in [9.17, 15) is 18.0 Å². The minimum absolute atomic E-state index is 0.110. The number of anilines is 1. The lowest BCUT2D eigenvalue weighted by Gasteiger charge is -2.32. The number of carbonyl (C=O) groups excluding carboxylic acids is 1. The van der Waals surface area contributed by atoms with Crippen LogP contribution in [0.25, 0.3) is 0 Å². The van der Waals surface area contributed by atoms with E-state index in [1.807, 2.05) is 0 Å². The molecule has 3 nitrogen and oxygen atoms in total. The van der Waals surface area contributed by atoms with Gasteiger partial charge >= 0.3 is 6.18 Å². The molecule has 1 amide bonds. The third-order valence-corrected chi connectivity index (χ3v) is 6.31. The molecule has 1 saturated carbocycles. The van der Waals surface area contributed by atoms with Crippen molar-refractivity contribution in [3.63, 3.8) is 0 Å². The fourth-order valence-corrected chi connectivity index (χ4v) is 4.94. The highest BCUT2D eigenvalue weighted by Crippen LogP contribution is 2.41. The highest BCUT2D eigenvalue weighted by atomic mass is 32.1. The minimum atomic E-state index is -4.22. The molecule has 2 aliphatic carbocycles. The van der Waals surface area contributed by atoms with Crippen LogP contribution in [-0.2, 0) is 17.6 Å². The van der Waals surface area contributed by atoms with Crippen LogP contribution in [-0.4, -0.2) is 23.6 Å². The predicted molar refractivity (Wildman–Crippen MR) is 92.8 cm³/mol. The van der Waals surface area contributed by atoms with Crippen LogP contribution in [0.15, 0.2) is 12.7 Å². The van der Waals surface area contributed by atoms with Crippen LogP contribution in [0, 0.1) is 11.8 Å². The summed E-state index contributed by atoms with van der Waals surface area (Å²) in [7, 11) is 0. The van der Waals surface area contributed by atoms with Crippen molar-refractivity contribution in [1.29, 1.82) is 0 Å². The Kier molecular flexibility index (Phi) is 5.51. The maximum atomic E-state index is 13.1. The summed E-state index contributed by atoms with van der Waals surface area (Å²) in [4.78, 5) is 20.3. The number of nitrogens with zero attached hydrogens (tertiary/aromatic N) is 2. The number of amides is 1. The molecule has 0 aliphatic heterocycles. The summed E-state index contributed by atoms with van der Waals surface area (Å²) in [6, 6.07) is 0. The molecule has 0 aromatic carbocycles. The first-order valence-electron chi connectivity index (χ1n) is 8.87. The maximum Gasteiger partial charge on any atom is 0.391 e.